The van der Waals surface area contributed by atoms with Crippen LogP contribution in [0.4, 0.5) is 4.39 Å². The summed E-state index contributed by atoms with van der Waals surface area (Å²) in [7, 11) is 0. The van der Waals surface area contributed by atoms with Gasteiger partial charge in [-0.1, -0.05) is 6.42 Å². The molecule has 3 fully saturated rings. The molecule has 2 unspecified atom stereocenters. The zero-order chi connectivity index (χ0) is 23.2. The van der Waals surface area contributed by atoms with Crippen LogP contribution in [-0.2, 0) is 16.1 Å². The van der Waals surface area contributed by atoms with Crippen molar-refractivity contribution < 1.29 is 23.5 Å². The Balaban J connectivity index is 1.22. The van der Waals surface area contributed by atoms with Crippen molar-refractivity contribution in [2.45, 2.75) is 79.8 Å². The number of piperidine rings is 1. The largest absolute Gasteiger partial charge is 0.489 e. The molecule has 3 amide bonds. The van der Waals surface area contributed by atoms with Gasteiger partial charge in [0.15, 0.2) is 3.68 Å². The number of nitrogens with zero attached hydrogens (tertiary/aromatic N) is 1. The minimum Gasteiger partial charge on any atom is -0.489 e. The molecule has 2 heterocycles. The summed E-state index contributed by atoms with van der Waals surface area (Å²) in [4.78, 5) is 38.1. The van der Waals surface area contributed by atoms with Crippen molar-refractivity contribution in [3.05, 3.63) is 29.3 Å². The number of halogens is 2. The molecule has 33 heavy (non-hydrogen) atoms. The van der Waals surface area contributed by atoms with E-state index in [1.54, 1.807) is 11.0 Å². The van der Waals surface area contributed by atoms with E-state index in [1.165, 1.54) is 0 Å². The molecule has 1 aromatic carbocycles. The molecule has 7 nitrogen and oxygen atoms in total. The highest BCUT2D eigenvalue weighted by molar-refractivity contribution is 14.1. The van der Waals surface area contributed by atoms with Crippen molar-refractivity contribution in [3.63, 3.8) is 0 Å². The van der Waals surface area contributed by atoms with Gasteiger partial charge in [-0.3, -0.25) is 19.7 Å². The fraction of sp³-hybridized carbons (Fsp3) is 0.625. The lowest BCUT2D eigenvalue weighted by atomic mass is 9.82. The van der Waals surface area contributed by atoms with Crippen molar-refractivity contribution in [3.8, 4) is 5.75 Å². The number of hydrogen-bond donors (Lipinski definition) is 2. The number of carbonyl (C=O) groups excluding carboxylic acids is 3. The predicted molar refractivity (Wildman–Crippen MR) is 128 cm³/mol. The Hall–Kier alpha value is -1.75. The van der Waals surface area contributed by atoms with Crippen molar-refractivity contribution in [1.29, 1.82) is 0 Å². The summed E-state index contributed by atoms with van der Waals surface area (Å²) in [6, 6.07) is 5.13. The van der Waals surface area contributed by atoms with E-state index >= 15 is 0 Å². The summed E-state index contributed by atoms with van der Waals surface area (Å²) >= 11 is 1.91. The highest BCUT2D eigenvalue weighted by Crippen LogP contribution is 2.46. The maximum atomic E-state index is 13.8. The van der Waals surface area contributed by atoms with Gasteiger partial charge >= 0.3 is 0 Å². The minimum absolute atomic E-state index is 0.0370. The Bertz CT molecular complexity index is 963. The van der Waals surface area contributed by atoms with E-state index in [2.05, 4.69) is 10.6 Å². The topological polar surface area (TPSA) is 87.7 Å². The summed E-state index contributed by atoms with van der Waals surface area (Å²) in [6.45, 7) is 1.16. The molecular weight excluding hydrogens is 540 g/mol. The fourth-order valence-electron chi connectivity index (χ4n) is 5.52. The monoisotopic (exact) mass is 569 g/mol. The van der Waals surface area contributed by atoms with Gasteiger partial charge in [0.2, 0.25) is 11.8 Å². The molecule has 2 saturated carbocycles. The van der Waals surface area contributed by atoms with Crippen LogP contribution in [0.2, 0.25) is 0 Å². The van der Waals surface area contributed by atoms with Gasteiger partial charge in [-0.05, 0) is 97.3 Å². The van der Waals surface area contributed by atoms with E-state index in [4.69, 9.17) is 4.74 Å². The molecule has 0 spiro atoms. The van der Waals surface area contributed by atoms with E-state index in [0.717, 1.165) is 43.5 Å². The second-order valence-corrected chi connectivity index (χ2v) is 11.7. The van der Waals surface area contributed by atoms with Crippen molar-refractivity contribution in [2.75, 3.05) is 6.54 Å². The first-order valence-electron chi connectivity index (χ1n) is 11.8. The molecule has 2 aliphatic heterocycles. The van der Waals surface area contributed by atoms with Gasteiger partial charge in [0.25, 0.3) is 5.91 Å². The third-order valence-electron chi connectivity index (χ3n) is 7.33. The summed E-state index contributed by atoms with van der Waals surface area (Å²) in [5, 5.41) is 5.95. The molecule has 0 aromatic heterocycles. The smallest absolute Gasteiger partial charge is 0.255 e. The highest BCUT2D eigenvalue weighted by Gasteiger charge is 2.43. The van der Waals surface area contributed by atoms with Gasteiger partial charge in [-0.25, -0.2) is 4.39 Å². The van der Waals surface area contributed by atoms with Crippen LogP contribution in [0.25, 0.3) is 0 Å². The summed E-state index contributed by atoms with van der Waals surface area (Å²) in [5.41, 5.74) is 1.43. The molecule has 178 valence electrons. The average molecular weight is 569 g/mol. The van der Waals surface area contributed by atoms with Gasteiger partial charge in [-0.15, -0.1) is 0 Å². The first-order chi connectivity index (χ1) is 15.8. The molecule has 3 atom stereocenters. The SMILES string of the molecule is O=C1CCC(N2Cc3cc(O[C@H]4CCCCC4NCC4CC(F)(I)C4)ccc3C2=O)C(=O)N1. The molecule has 5 rings (SSSR count). The van der Waals surface area contributed by atoms with Crippen molar-refractivity contribution in [1.82, 2.24) is 15.5 Å². The first-order valence-corrected chi connectivity index (χ1v) is 12.9. The number of nitrogens with one attached hydrogen (secondary N) is 2. The van der Waals surface area contributed by atoms with Crippen LogP contribution in [0.5, 0.6) is 5.75 Å². The third kappa shape index (κ3) is 4.89. The van der Waals surface area contributed by atoms with Crippen LogP contribution in [0.1, 0.15) is 67.3 Å². The Morgan fingerprint density at radius 2 is 1.97 bits per heavy atom. The van der Waals surface area contributed by atoms with Crippen LogP contribution < -0.4 is 15.4 Å². The van der Waals surface area contributed by atoms with E-state index in [9.17, 15) is 18.8 Å². The van der Waals surface area contributed by atoms with Crippen molar-refractivity contribution >= 4 is 40.3 Å². The molecule has 2 N–H and O–H groups in total. The molecule has 9 heteroatoms. The van der Waals surface area contributed by atoms with Crippen LogP contribution >= 0.6 is 22.6 Å². The van der Waals surface area contributed by atoms with Gasteiger partial charge in [0.1, 0.15) is 17.9 Å². The van der Waals surface area contributed by atoms with Gasteiger partial charge in [-0.2, -0.15) is 0 Å². The van der Waals surface area contributed by atoms with E-state index in [1.807, 2.05) is 34.7 Å². The second kappa shape index (κ2) is 9.13. The van der Waals surface area contributed by atoms with Crippen LogP contribution in [0.3, 0.4) is 0 Å². The Kier molecular flexibility index (Phi) is 6.37. The third-order valence-corrected chi connectivity index (χ3v) is 8.21. The number of rotatable bonds is 6. The van der Waals surface area contributed by atoms with E-state index in [-0.39, 0.29) is 30.4 Å². The molecule has 4 aliphatic rings. The van der Waals surface area contributed by atoms with Gasteiger partial charge in [0, 0.05) is 24.6 Å². The molecule has 2 aliphatic carbocycles. The zero-order valence-corrected chi connectivity index (χ0v) is 20.6. The zero-order valence-electron chi connectivity index (χ0n) is 18.4. The maximum absolute atomic E-state index is 13.8. The molecular formula is C24H29FIN3O4. The standard InChI is InChI=1S/C24H29FIN3O4/c25-24(26)10-14(11-24)12-27-18-3-1-2-4-20(18)33-16-5-6-17-15(9-16)13-29(23(17)32)19-7-8-21(30)28-22(19)31/h5-6,9,14,18-20,27H,1-4,7-8,10-13H2,(H,28,30,31)/t14?,18?,19?,20-,24?/m0/s1. The number of benzene rings is 1. The van der Waals surface area contributed by atoms with E-state index < -0.39 is 15.6 Å². The number of alkyl halides is 2. The van der Waals surface area contributed by atoms with E-state index in [0.29, 0.717) is 37.3 Å². The van der Waals surface area contributed by atoms with Gasteiger partial charge < -0.3 is 15.0 Å². The van der Waals surface area contributed by atoms with Crippen LogP contribution in [0.15, 0.2) is 18.2 Å². The predicted octanol–water partition coefficient (Wildman–Crippen LogP) is 3.24. The average Bonchev–Trinajstić information content (AvgIpc) is 3.07. The highest BCUT2D eigenvalue weighted by atomic mass is 127. The summed E-state index contributed by atoms with van der Waals surface area (Å²) in [6.07, 6.45) is 6.12. The molecule has 1 aromatic rings. The number of ether oxygens (including phenoxy) is 1. The lowest BCUT2D eigenvalue weighted by Crippen LogP contribution is -2.52. The Labute approximate surface area is 206 Å². The molecule has 1 saturated heterocycles. The lowest BCUT2D eigenvalue weighted by molar-refractivity contribution is -0.136. The Morgan fingerprint density at radius 3 is 2.73 bits per heavy atom. The fourth-order valence-corrected chi connectivity index (χ4v) is 6.76. The number of carbonyl (C=O) groups is 3. The lowest BCUT2D eigenvalue weighted by Gasteiger charge is -2.39. The Morgan fingerprint density at radius 1 is 1.18 bits per heavy atom. The first kappa shape index (κ1) is 23.0. The number of amides is 3. The van der Waals surface area contributed by atoms with Crippen LogP contribution in [-0.4, -0.2) is 51.0 Å². The normalized spacial score (nSPS) is 34.0. The second-order valence-electron chi connectivity index (χ2n) is 9.80. The van der Waals surface area contributed by atoms with Crippen LogP contribution in [0, 0.1) is 5.92 Å². The maximum Gasteiger partial charge on any atom is 0.255 e. The molecule has 0 radical (unpaired) electrons. The van der Waals surface area contributed by atoms with Crippen molar-refractivity contribution in [2.24, 2.45) is 5.92 Å². The number of fused-ring (bicyclic) bond motifs is 1. The number of imide groups is 1. The molecule has 0 bridgehead atoms. The number of hydrogen-bond acceptors (Lipinski definition) is 5. The quantitative estimate of drug-likeness (QED) is 0.312. The minimum atomic E-state index is -1.03. The van der Waals surface area contributed by atoms with Gasteiger partial charge in [0.05, 0.1) is 0 Å². The summed E-state index contributed by atoms with van der Waals surface area (Å²) < 4.78 is 19.1. The summed E-state index contributed by atoms with van der Waals surface area (Å²) in [5.74, 6) is 0.243.